The molecule has 1 fully saturated rings. The van der Waals surface area contributed by atoms with Gasteiger partial charge in [-0.05, 0) is 24.1 Å². The zero-order valence-electron chi connectivity index (χ0n) is 8.89. The van der Waals surface area contributed by atoms with Crippen LogP contribution in [0.15, 0.2) is 41.4 Å². The summed E-state index contributed by atoms with van der Waals surface area (Å²) in [7, 11) is 0. The van der Waals surface area contributed by atoms with Gasteiger partial charge in [-0.3, -0.25) is 9.79 Å². The zero-order valence-corrected chi connectivity index (χ0v) is 8.89. The lowest BCUT2D eigenvalue weighted by atomic mass is 10.1. The fraction of sp³-hybridized carbons (Fsp3) is 0.231. The van der Waals surface area contributed by atoms with Crippen molar-refractivity contribution in [3.63, 3.8) is 0 Å². The number of carbonyl (C=O) groups excluding carboxylic acids is 1. The summed E-state index contributed by atoms with van der Waals surface area (Å²) in [4.78, 5) is 18.5. The van der Waals surface area contributed by atoms with Gasteiger partial charge in [0.25, 0.3) is 5.91 Å². The topological polar surface area (TPSA) is 32.7 Å². The van der Waals surface area contributed by atoms with E-state index in [1.54, 1.807) is 0 Å². The third kappa shape index (κ3) is 1.21. The van der Waals surface area contributed by atoms with Crippen molar-refractivity contribution in [3.05, 3.63) is 42.0 Å². The standard InChI is InChI=1S/C13H12N2O/c1-9-6-7-15-12(9)8-14-11-5-3-2-4-10(11)13(15)16/h2-5,8,12H,1,6-7H2. The van der Waals surface area contributed by atoms with Crippen molar-refractivity contribution in [1.82, 2.24) is 4.90 Å². The third-order valence-corrected chi connectivity index (χ3v) is 3.18. The summed E-state index contributed by atoms with van der Waals surface area (Å²) in [6, 6.07) is 7.46. The van der Waals surface area contributed by atoms with Gasteiger partial charge in [-0.15, -0.1) is 0 Å². The molecule has 0 radical (unpaired) electrons. The second-order valence-corrected chi connectivity index (χ2v) is 4.15. The first kappa shape index (κ1) is 9.33. The van der Waals surface area contributed by atoms with Gasteiger partial charge in [0.15, 0.2) is 0 Å². The van der Waals surface area contributed by atoms with E-state index in [4.69, 9.17) is 0 Å². The normalized spacial score (nSPS) is 23.0. The van der Waals surface area contributed by atoms with Crippen LogP contribution in [0.25, 0.3) is 0 Å². The van der Waals surface area contributed by atoms with E-state index in [0.29, 0.717) is 5.56 Å². The van der Waals surface area contributed by atoms with E-state index in [-0.39, 0.29) is 11.9 Å². The van der Waals surface area contributed by atoms with Gasteiger partial charge in [0.2, 0.25) is 0 Å². The first-order valence-corrected chi connectivity index (χ1v) is 5.39. The summed E-state index contributed by atoms with van der Waals surface area (Å²) in [5, 5.41) is 0. The molecule has 80 valence electrons. The Kier molecular flexibility index (Phi) is 1.93. The van der Waals surface area contributed by atoms with Gasteiger partial charge < -0.3 is 4.90 Å². The number of amides is 1. The van der Waals surface area contributed by atoms with E-state index >= 15 is 0 Å². The molecule has 1 aromatic carbocycles. The molecule has 0 spiro atoms. The Labute approximate surface area is 94.1 Å². The van der Waals surface area contributed by atoms with Crippen molar-refractivity contribution in [2.45, 2.75) is 12.5 Å². The molecule has 2 aliphatic heterocycles. The number of hydrogen-bond acceptors (Lipinski definition) is 2. The Morgan fingerprint density at radius 3 is 3.06 bits per heavy atom. The number of benzene rings is 1. The minimum absolute atomic E-state index is 0.0140. The highest BCUT2D eigenvalue weighted by Gasteiger charge is 2.33. The number of rotatable bonds is 0. The van der Waals surface area contributed by atoms with E-state index in [2.05, 4.69) is 11.6 Å². The zero-order chi connectivity index (χ0) is 11.1. The molecule has 0 saturated carbocycles. The van der Waals surface area contributed by atoms with Crippen molar-refractivity contribution in [2.24, 2.45) is 4.99 Å². The Balaban J connectivity index is 2.13. The molecule has 0 N–H and O–H groups in total. The van der Waals surface area contributed by atoms with Crippen LogP contribution in [-0.4, -0.2) is 29.6 Å². The van der Waals surface area contributed by atoms with Crippen LogP contribution in [0.3, 0.4) is 0 Å². The molecule has 2 aliphatic rings. The summed E-state index contributed by atoms with van der Waals surface area (Å²) in [6.07, 6.45) is 2.71. The summed E-state index contributed by atoms with van der Waals surface area (Å²) < 4.78 is 0. The van der Waals surface area contributed by atoms with Crippen molar-refractivity contribution >= 4 is 17.8 Å². The molecule has 0 aliphatic carbocycles. The van der Waals surface area contributed by atoms with Crippen molar-refractivity contribution < 1.29 is 4.79 Å². The molecule has 1 saturated heterocycles. The van der Waals surface area contributed by atoms with Crippen LogP contribution in [0.5, 0.6) is 0 Å². The second kappa shape index (κ2) is 3.30. The molecule has 0 aromatic heterocycles. The number of aliphatic imine (C=N–C) groups is 1. The maximum atomic E-state index is 12.3. The molecule has 1 aromatic rings. The summed E-state index contributed by atoms with van der Waals surface area (Å²) in [6.45, 7) is 4.74. The number of para-hydroxylation sites is 1. The van der Waals surface area contributed by atoms with Crippen LogP contribution in [0.2, 0.25) is 0 Å². The van der Waals surface area contributed by atoms with E-state index in [9.17, 15) is 4.79 Å². The first-order valence-electron chi connectivity index (χ1n) is 5.39. The van der Waals surface area contributed by atoms with Crippen LogP contribution in [0, 0.1) is 0 Å². The highest BCUT2D eigenvalue weighted by atomic mass is 16.2. The third-order valence-electron chi connectivity index (χ3n) is 3.18. The van der Waals surface area contributed by atoms with Gasteiger partial charge in [-0.25, -0.2) is 0 Å². The molecule has 0 bridgehead atoms. The molecule has 3 nitrogen and oxygen atoms in total. The summed E-state index contributed by atoms with van der Waals surface area (Å²) >= 11 is 0. The van der Waals surface area contributed by atoms with E-state index in [1.807, 2.05) is 35.4 Å². The minimum atomic E-state index is -0.0140. The lowest BCUT2D eigenvalue weighted by molar-refractivity contribution is 0.0780. The Morgan fingerprint density at radius 1 is 1.38 bits per heavy atom. The van der Waals surface area contributed by atoms with Gasteiger partial charge in [0, 0.05) is 12.8 Å². The van der Waals surface area contributed by atoms with Gasteiger partial charge in [0.05, 0.1) is 17.3 Å². The fourth-order valence-electron chi connectivity index (χ4n) is 2.26. The van der Waals surface area contributed by atoms with Gasteiger partial charge in [0.1, 0.15) is 0 Å². The molecule has 1 unspecified atom stereocenters. The van der Waals surface area contributed by atoms with Crippen molar-refractivity contribution in [1.29, 1.82) is 0 Å². The molecule has 1 amide bonds. The number of nitrogens with zero attached hydrogens (tertiary/aromatic N) is 2. The maximum absolute atomic E-state index is 12.3. The van der Waals surface area contributed by atoms with Gasteiger partial charge in [-0.2, -0.15) is 0 Å². The van der Waals surface area contributed by atoms with Crippen LogP contribution in [0.1, 0.15) is 16.8 Å². The molecule has 3 heteroatoms. The van der Waals surface area contributed by atoms with E-state index < -0.39 is 0 Å². The molecular formula is C13H12N2O. The van der Waals surface area contributed by atoms with Crippen LogP contribution in [0.4, 0.5) is 5.69 Å². The van der Waals surface area contributed by atoms with E-state index in [1.165, 1.54) is 0 Å². The number of hydrogen-bond donors (Lipinski definition) is 0. The lowest BCUT2D eigenvalue weighted by Crippen LogP contribution is -2.35. The summed E-state index contributed by atoms with van der Waals surface area (Å²) in [5.74, 6) is 0.0664. The lowest BCUT2D eigenvalue weighted by Gasteiger charge is -2.20. The Hall–Kier alpha value is -1.90. The monoisotopic (exact) mass is 212 g/mol. The highest BCUT2D eigenvalue weighted by molar-refractivity contribution is 6.03. The highest BCUT2D eigenvalue weighted by Crippen LogP contribution is 2.30. The van der Waals surface area contributed by atoms with Crippen LogP contribution >= 0.6 is 0 Å². The largest absolute Gasteiger partial charge is 0.327 e. The van der Waals surface area contributed by atoms with E-state index in [0.717, 1.165) is 24.2 Å². The van der Waals surface area contributed by atoms with Crippen LogP contribution < -0.4 is 0 Å². The predicted molar refractivity (Wildman–Crippen MR) is 63.2 cm³/mol. The Bertz CT molecular complexity index is 504. The molecule has 16 heavy (non-hydrogen) atoms. The smallest absolute Gasteiger partial charge is 0.256 e. The number of carbonyl (C=O) groups is 1. The molecular weight excluding hydrogens is 200 g/mol. The van der Waals surface area contributed by atoms with Crippen molar-refractivity contribution in [3.8, 4) is 0 Å². The second-order valence-electron chi connectivity index (χ2n) is 4.15. The van der Waals surface area contributed by atoms with Crippen LogP contribution in [-0.2, 0) is 0 Å². The summed E-state index contributed by atoms with van der Waals surface area (Å²) in [5.41, 5.74) is 2.52. The van der Waals surface area contributed by atoms with Gasteiger partial charge in [-0.1, -0.05) is 18.7 Å². The Morgan fingerprint density at radius 2 is 2.19 bits per heavy atom. The first-order chi connectivity index (χ1) is 7.77. The molecule has 2 heterocycles. The average molecular weight is 212 g/mol. The average Bonchev–Trinajstić information content (AvgIpc) is 2.60. The van der Waals surface area contributed by atoms with Crippen molar-refractivity contribution in [2.75, 3.05) is 6.54 Å². The molecule has 3 rings (SSSR count). The van der Waals surface area contributed by atoms with Gasteiger partial charge >= 0.3 is 0 Å². The minimum Gasteiger partial charge on any atom is -0.327 e. The SMILES string of the molecule is C=C1CCN2C(=O)c3ccccc3N=CC12. The fourth-order valence-corrected chi connectivity index (χ4v) is 2.26. The number of fused-ring (bicyclic) bond motifs is 2. The predicted octanol–water partition coefficient (Wildman–Crippen LogP) is 2.17. The maximum Gasteiger partial charge on any atom is 0.256 e. The molecule has 1 atom stereocenters. The quantitative estimate of drug-likeness (QED) is 0.607.